The van der Waals surface area contributed by atoms with E-state index in [1.165, 1.54) is 0 Å². The van der Waals surface area contributed by atoms with Crippen LogP contribution in [0.4, 0.5) is 5.69 Å². The van der Waals surface area contributed by atoms with E-state index >= 15 is 0 Å². The SMILES string of the molecule is Cc1c(N2CN3C(CCCCCC(=O)O)CNCC3C2=O)ccc(C#N)c1Cl. The number of nitriles is 1. The van der Waals surface area contributed by atoms with E-state index in [4.69, 9.17) is 22.0 Å². The summed E-state index contributed by atoms with van der Waals surface area (Å²) in [5.41, 5.74) is 1.91. The van der Waals surface area contributed by atoms with Gasteiger partial charge in [0, 0.05) is 31.2 Å². The van der Waals surface area contributed by atoms with Crippen molar-refractivity contribution in [3.63, 3.8) is 0 Å². The minimum Gasteiger partial charge on any atom is -0.481 e. The van der Waals surface area contributed by atoms with Gasteiger partial charge in [0.1, 0.15) is 12.1 Å². The standard InChI is InChI=1S/C20H25ClN4O3/c1-13-16(8-7-14(9-22)19(13)21)25-12-24-15(5-3-2-4-6-18(26)27)10-23-11-17(24)20(25)28/h7-8,15,17,23H,2-6,10-12H2,1H3,(H,26,27). The molecule has 2 unspecified atom stereocenters. The number of carbonyl (C=O) groups is 2. The summed E-state index contributed by atoms with van der Waals surface area (Å²) in [4.78, 5) is 27.6. The largest absolute Gasteiger partial charge is 0.481 e. The summed E-state index contributed by atoms with van der Waals surface area (Å²) in [5, 5.41) is 21.6. The Morgan fingerprint density at radius 2 is 2.14 bits per heavy atom. The third-order valence-electron chi connectivity index (χ3n) is 5.64. The van der Waals surface area contributed by atoms with E-state index in [0.29, 0.717) is 30.2 Å². The van der Waals surface area contributed by atoms with Crippen LogP contribution in [0.25, 0.3) is 0 Å². The number of anilines is 1. The van der Waals surface area contributed by atoms with Gasteiger partial charge in [-0.25, -0.2) is 0 Å². The van der Waals surface area contributed by atoms with Gasteiger partial charge < -0.3 is 10.4 Å². The second-order valence-corrected chi connectivity index (χ2v) is 7.80. The highest BCUT2D eigenvalue weighted by Gasteiger charge is 2.44. The number of aliphatic carboxylic acids is 1. The minimum absolute atomic E-state index is 0.0481. The van der Waals surface area contributed by atoms with E-state index in [9.17, 15) is 9.59 Å². The highest BCUT2D eigenvalue weighted by atomic mass is 35.5. The molecule has 0 saturated carbocycles. The van der Waals surface area contributed by atoms with E-state index in [0.717, 1.165) is 37.1 Å². The van der Waals surface area contributed by atoms with Crippen LogP contribution in [0.5, 0.6) is 0 Å². The molecule has 0 radical (unpaired) electrons. The lowest BCUT2D eigenvalue weighted by atomic mass is 10.0. The predicted octanol–water partition coefficient (Wildman–Crippen LogP) is 2.50. The van der Waals surface area contributed by atoms with Gasteiger partial charge in [-0.1, -0.05) is 24.4 Å². The summed E-state index contributed by atoms with van der Waals surface area (Å²) in [6.45, 7) is 3.78. The quantitative estimate of drug-likeness (QED) is 0.678. The van der Waals surface area contributed by atoms with E-state index in [2.05, 4.69) is 16.3 Å². The molecule has 7 nitrogen and oxygen atoms in total. The Hall–Kier alpha value is -2.14. The van der Waals surface area contributed by atoms with Crippen molar-refractivity contribution in [1.29, 1.82) is 5.26 Å². The molecule has 1 aromatic rings. The molecule has 0 aliphatic carbocycles. The van der Waals surface area contributed by atoms with Gasteiger partial charge in [0.05, 0.1) is 17.3 Å². The third kappa shape index (κ3) is 4.14. The predicted molar refractivity (Wildman–Crippen MR) is 106 cm³/mol. The van der Waals surface area contributed by atoms with E-state index < -0.39 is 5.97 Å². The highest BCUT2D eigenvalue weighted by molar-refractivity contribution is 6.33. The Morgan fingerprint density at radius 1 is 1.36 bits per heavy atom. The van der Waals surface area contributed by atoms with Crippen LogP contribution in [0.3, 0.4) is 0 Å². The molecular weight excluding hydrogens is 380 g/mol. The van der Waals surface area contributed by atoms with Crippen molar-refractivity contribution in [3.05, 3.63) is 28.3 Å². The van der Waals surface area contributed by atoms with Crippen LogP contribution in [0.15, 0.2) is 12.1 Å². The number of carboxylic acid groups (broad SMARTS) is 1. The number of piperazine rings is 1. The Morgan fingerprint density at radius 3 is 2.86 bits per heavy atom. The normalized spacial score (nSPS) is 22.2. The highest BCUT2D eigenvalue weighted by Crippen LogP contribution is 2.34. The third-order valence-corrected chi connectivity index (χ3v) is 6.13. The maximum absolute atomic E-state index is 13.0. The minimum atomic E-state index is -0.753. The number of hydrogen-bond donors (Lipinski definition) is 2. The second-order valence-electron chi connectivity index (χ2n) is 7.43. The second kappa shape index (κ2) is 8.91. The van der Waals surface area contributed by atoms with E-state index in [1.807, 2.05) is 6.92 Å². The first-order valence-corrected chi connectivity index (χ1v) is 10.0. The van der Waals surface area contributed by atoms with Crippen LogP contribution in [0.2, 0.25) is 5.02 Å². The summed E-state index contributed by atoms with van der Waals surface area (Å²) in [6.07, 6.45) is 3.65. The number of nitrogens with one attached hydrogen (secondary N) is 1. The Kier molecular flexibility index (Phi) is 6.55. The number of carboxylic acids is 1. The molecule has 2 atom stereocenters. The molecule has 2 aliphatic rings. The fourth-order valence-electron chi connectivity index (χ4n) is 4.08. The molecule has 2 saturated heterocycles. The van der Waals surface area contributed by atoms with E-state index in [1.54, 1.807) is 17.0 Å². The Labute approximate surface area is 169 Å². The van der Waals surface area contributed by atoms with Crippen molar-refractivity contribution in [2.24, 2.45) is 0 Å². The fraction of sp³-hybridized carbons (Fsp3) is 0.550. The van der Waals surface area contributed by atoms with Crippen LogP contribution in [-0.2, 0) is 9.59 Å². The number of halogens is 1. The number of fused-ring (bicyclic) bond motifs is 1. The maximum Gasteiger partial charge on any atom is 0.303 e. The number of unbranched alkanes of at least 4 members (excludes halogenated alkanes) is 2. The molecule has 2 aliphatic heterocycles. The van der Waals surface area contributed by atoms with Gasteiger partial charge in [0.15, 0.2) is 0 Å². The summed E-state index contributed by atoms with van der Waals surface area (Å²) >= 11 is 6.30. The lowest BCUT2D eigenvalue weighted by Crippen LogP contribution is -2.56. The maximum atomic E-state index is 13.0. The van der Waals surface area contributed by atoms with Crippen molar-refractivity contribution in [3.8, 4) is 6.07 Å². The average molecular weight is 405 g/mol. The topological polar surface area (TPSA) is 96.7 Å². The number of hydrogen-bond acceptors (Lipinski definition) is 5. The zero-order valence-electron chi connectivity index (χ0n) is 15.9. The van der Waals surface area contributed by atoms with Gasteiger partial charge in [0.25, 0.3) is 0 Å². The van der Waals surface area contributed by atoms with Gasteiger partial charge in [-0.3, -0.25) is 19.4 Å². The molecule has 1 amide bonds. The van der Waals surface area contributed by atoms with Crippen LogP contribution in [0.1, 0.15) is 43.2 Å². The molecule has 1 aromatic carbocycles. The lowest BCUT2D eigenvalue weighted by molar-refractivity contribution is -0.137. The first-order chi connectivity index (χ1) is 13.4. The zero-order chi connectivity index (χ0) is 20.3. The molecule has 8 heteroatoms. The van der Waals surface area contributed by atoms with Gasteiger partial charge >= 0.3 is 5.97 Å². The summed E-state index contributed by atoms with van der Waals surface area (Å²) in [5.74, 6) is -0.705. The average Bonchev–Trinajstić information content (AvgIpc) is 3.01. The number of amides is 1. The molecule has 2 N–H and O–H groups in total. The zero-order valence-corrected chi connectivity index (χ0v) is 16.7. The molecule has 3 rings (SSSR count). The molecule has 0 spiro atoms. The molecular formula is C20H25ClN4O3. The van der Waals surface area contributed by atoms with Crippen LogP contribution < -0.4 is 10.2 Å². The van der Waals surface area contributed by atoms with Crippen LogP contribution in [-0.4, -0.2) is 53.7 Å². The Balaban J connectivity index is 1.69. The fourth-order valence-corrected chi connectivity index (χ4v) is 4.28. The molecule has 0 aromatic heterocycles. The number of nitrogens with zero attached hydrogens (tertiary/aromatic N) is 3. The summed E-state index contributed by atoms with van der Waals surface area (Å²) in [7, 11) is 0. The molecule has 0 bridgehead atoms. The molecule has 150 valence electrons. The monoisotopic (exact) mass is 404 g/mol. The smallest absolute Gasteiger partial charge is 0.303 e. The molecule has 28 heavy (non-hydrogen) atoms. The van der Waals surface area contributed by atoms with Crippen molar-refractivity contribution in [2.45, 2.75) is 51.1 Å². The van der Waals surface area contributed by atoms with Crippen molar-refractivity contribution >= 4 is 29.2 Å². The van der Waals surface area contributed by atoms with Gasteiger partial charge in [-0.2, -0.15) is 5.26 Å². The number of carbonyl (C=O) groups excluding carboxylic acids is 1. The number of rotatable bonds is 7. The molecule has 2 heterocycles. The van der Waals surface area contributed by atoms with Crippen LogP contribution >= 0.6 is 11.6 Å². The number of benzene rings is 1. The van der Waals surface area contributed by atoms with E-state index in [-0.39, 0.29) is 24.4 Å². The Bertz CT molecular complexity index is 807. The van der Waals surface area contributed by atoms with Gasteiger partial charge in [-0.05, 0) is 37.5 Å². The first kappa shape index (κ1) is 20.6. The van der Waals surface area contributed by atoms with Crippen molar-refractivity contribution in [2.75, 3.05) is 24.7 Å². The molecule has 2 fully saturated rings. The summed E-state index contributed by atoms with van der Waals surface area (Å²) in [6, 6.07) is 5.57. The first-order valence-electron chi connectivity index (χ1n) is 9.63. The van der Waals surface area contributed by atoms with Crippen LogP contribution in [0, 0.1) is 18.3 Å². The van der Waals surface area contributed by atoms with Crippen molar-refractivity contribution < 1.29 is 14.7 Å². The van der Waals surface area contributed by atoms with Gasteiger partial charge in [-0.15, -0.1) is 0 Å². The van der Waals surface area contributed by atoms with Gasteiger partial charge in [0.2, 0.25) is 5.91 Å². The van der Waals surface area contributed by atoms with Crippen molar-refractivity contribution in [1.82, 2.24) is 10.2 Å². The lowest BCUT2D eigenvalue weighted by Gasteiger charge is -2.36. The summed E-state index contributed by atoms with van der Waals surface area (Å²) < 4.78 is 0.